The zero-order valence-electron chi connectivity index (χ0n) is 8.97. The number of hydrogen-bond donors (Lipinski definition) is 0. The molecule has 0 heterocycles. The zero-order valence-corrected chi connectivity index (χ0v) is 9.87. The third-order valence-electron chi connectivity index (χ3n) is 0.751. The van der Waals surface area contributed by atoms with Gasteiger partial charge < -0.3 is 9.05 Å². The highest BCUT2D eigenvalue weighted by Gasteiger charge is 2.21. The van der Waals surface area contributed by atoms with Crippen LogP contribution in [0.15, 0.2) is 0 Å². The predicted molar refractivity (Wildman–Crippen MR) is 54.0 cm³/mol. The molecule has 0 aliphatic heterocycles. The minimum absolute atomic E-state index is 0.168. The van der Waals surface area contributed by atoms with Crippen molar-refractivity contribution in [3.8, 4) is 0 Å². The fraction of sp³-hybridized carbons (Fsp3) is 0.889. The second kappa shape index (κ2) is 4.04. The van der Waals surface area contributed by atoms with Gasteiger partial charge in [0.1, 0.15) is 0 Å². The van der Waals surface area contributed by atoms with E-state index >= 15 is 0 Å². The summed E-state index contributed by atoms with van der Waals surface area (Å²) in [6.45, 7) is 15.8. The Bertz CT molecular complexity index is 116. The first kappa shape index (κ1) is 12.3. The zero-order chi connectivity index (χ0) is 9.99. The van der Waals surface area contributed by atoms with Gasteiger partial charge in [-0.1, -0.05) is 0 Å². The molecule has 2 nitrogen and oxygen atoms in total. The minimum atomic E-state index is -1.01. The number of rotatable bonds is 2. The molecule has 0 unspecified atom stereocenters. The molecule has 0 atom stereocenters. The highest BCUT2D eigenvalue weighted by molar-refractivity contribution is 7.48. The molecule has 0 bridgehead atoms. The first-order valence-electron chi connectivity index (χ1n) is 4.09. The van der Waals surface area contributed by atoms with Crippen molar-refractivity contribution in [2.45, 2.75) is 52.7 Å². The third kappa shape index (κ3) is 8.45. The summed E-state index contributed by atoms with van der Waals surface area (Å²) in [5.41, 5.74) is -0.336. The van der Waals surface area contributed by atoms with Crippen molar-refractivity contribution < 1.29 is 9.05 Å². The van der Waals surface area contributed by atoms with E-state index in [1.807, 2.05) is 41.5 Å². The fourth-order valence-electron chi connectivity index (χ4n) is 0.630. The van der Waals surface area contributed by atoms with Crippen LogP contribution in [0, 0.1) is 6.66 Å². The minimum Gasteiger partial charge on any atom is -0.328 e. The summed E-state index contributed by atoms with van der Waals surface area (Å²) in [7, 11) is -1.01. The molecular weight excluding hydrogens is 171 g/mol. The first-order chi connectivity index (χ1) is 5.10. The molecule has 0 aromatic heterocycles. The summed E-state index contributed by atoms with van der Waals surface area (Å²) in [6.07, 6.45) is 0. The maximum Gasteiger partial charge on any atom is 0.172 e. The molecule has 0 aliphatic carbocycles. The highest BCUT2D eigenvalue weighted by Crippen LogP contribution is 2.44. The van der Waals surface area contributed by atoms with E-state index in [0.717, 1.165) is 0 Å². The van der Waals surface area contributed by atoms with Gasteiger partial charge in [0.2, 0.25) is 0 Å². The molecule has 12 heavy (non-hydrogen) atoms. The van der Waals surface area contributed by atoms with E-state index < -0.39 is 8.38 Å². The average Bonchev–Trinajstić information content (AvgIpc) is 1.49. The van der Waals surface area contributed by atoms with Gasteiger partial charge in [0, 0.05) is 6.66 Å². The molecule has 0 amide bonds. The third-order valence-corrected chi connectivity index (χ3v) is 2.25. The Labute approximate surface area is 77.6 Å². The fourth-order valence-corrected chi connectivity index (χ4v) is 1.89. The van der Waals surface area contributed by atoms with Crippen LogP contribution in [0.4, 0.5) is 0 Å². The van der Waals surface area contributed by atoms with Gasteiger partial charge >= 0.3 is 0 Å². The Morgan fingerprint density at radius 3 is 1.25 bits per heavy atom. The SMILES string of the molecule is [CH2]P(OC(C)(C)C)OC(C)(C)C. The lowest BCUT2D eigenvalue weighted by Gasteiger charge is -2.29. The van der Waals surface area contributed by atoms with Gasteiger partial charge in [-0.15, -0.1) is 0 Å². The van der Waals surface area contributed by atoms with Crippen LogP contribution in [0.1, 0.15) is 41.5 Å². The first-order valence-corrected chi connectivity index (χ1v) is 5.45. The molecule has 1 radical (unpaired) electrons. The van der Waals surface area contributed by atoms with Crippen LogP contribution in [0.2, 0.25) is 0 Å². The van der Waals surface area contributed by atoms with E-state index in [4.69, 9.17) is 9.05 Å². The summed E-state index contributed by atoms with van der Waals surface area (Å²) < 4.78 is 11.1. The molecule has 0 saturated heterocycles. The molecule has 3 heteroatoms. The highest BCUT2D eigenvalue weighted by atomic mass is 31.2. The second-order valence-electron chi connectivity index (χ2n) is 4.74. The van der Waals surface area contributed by atoms with Gasteiger partial charge in [0.15, 0.2) is 8.38 Å². The Morgan fingerprint density at radius 1 is 0.833 bits per heavy atom. The van der Waals surface area contributed by atoms with E-state index in [1.54, 1.807) is 0 Å². The van der Waals surface area contributed by atoms with E-state index in [1.165, 1.54) is 0 Å². The molecule has 0 saturated carbocycles. The molecule has 0 spiro atoms. The molecule has 0 N–H and O–H groups in total. The van der Waals surface area contributed by atoms with Crippen LogP contribution >= 0.6 is 8.38 Å². The summed E-state index contributed by atoms with van der Waals surface area (Å²) in [6, 6.07) is 0. The van der Waals surface area contributed by atoms with Crippen molar-refractivity contribution in [2.75, 3.05) is 0 Å². The lowest BCUT2D eigenvalue weighted by molar-refractivity contribution is 0.0769. The quantitative estimate of drug-likeness (QED) is 0.619. The summed E-state index contributed by atoms with van der Waals surface area (Å²) in [4.78, 5) is 0. The topological polar surface area (TPSA) is 18.5 Å². The number of hydrogen-bond acceptors (Lipinski definition) is 2. The smallest absolute Gasteiger partial charge is 0.172 e. The van der Waals surface area contributed by atoms with Crippen molar-refractivity contribution in [3.05, 3.63) is 6.66 Å². The van der Waals surface area contributed by atoms with Crippen molar-refractivity contribution in [3.63, 3.8) is 0 Å². The lowest BCUT2D eigenvalue weighted by Crippen LogP contribution is -2.20. The lowest BCUT2D eigenvalue weighted by atomic mass is 10.2. The molecule has 0 aliphatic rings. The van der Waals surface area contributed by atoms with Crippen LogP contribution in [-0.2, 0) is 9.05 Å². The van der Waals surface area contributed by atoms with Crippen molar-refractivity contribution in [1.29, 1.82) is 0 Å². The van der Waals surface area contributed by atoms with Crippen molar-refractivity contribution in [2.24, 2.45) is 0 Å². The summed E-state index contributed by atoms with van der Waals surface area (Å²) >= 11 is 0. The van der Waals surface area contributed by atoms with E-state index in [9.17, 15) is 0 Å². The van der Waals surface area contributed by atoms with Gasteiger partial charge in [0.25, 0.3) is 0 Å². The predicted octanol–water partition coefficient (Wildman–Crippen LogP) is 3.72. The van der Waals surface area contributed by atoms with Crippen molar-refractivity contribution in [1.82, 2.24) is 0 Å². The summed E-state index contributed by atoms with van der Waals surface area (Å²) in [5.74, 6) is 0. The molecule has 0 aromatic rings. The van der Waals surface area contributed by atoms with Crippen LogP contribution in [0.3, 0.4) is 0 Å². The van der Waals surface area contributed by atoms with Crippen LogP contribution in [0.5, 0.6) is 0 Å². The van der Waals surface area contributed by atoms with Gasteiger partial charge in [0.05, 0.1) is 11.2 Å². The van der Waals surface area contributed by atoms with Crippen LogP contribution in [-0.4, -0.2) is 11.2 Å². The van der Waals surface area contributed by atoms with Gasteiger partial charge in [-0.05, 0) is 41.5 Å². The standard InChI is InChI=1S/C9H20O2P/c1-8(2,3)10-12(7)11-9(4,5)6/h7H2,1-6H3. The monoisotopic (exact) mass is 191 g/mol. The maximum atomic E-state index is 5.55. The van der Waals surface area contributed by atoms with E-state index in [2.05, 4.69) is 6.66 Å². The Kier molecular flexibility index (Phi) is 4.16. The molecule has 0 aromatic carbocycles. The Balaban J connectivity index is 3.83. The molecular formula is C9H20O2P. The maximum absolute atomic E-state index is 5.55. The molecule has 73 valence electrons. The average molecular weight is 191 g/mol. The van der Waals surface area contributed by atoms with Gasteiger partial charge in [-0.3, -0.25) is 0 Å². The Morgan fingerprint density at radius 2 is 1.08 bits per heavy atom. The molecule has 0 fully saturated rings. The van der Waals surface area contributed by atoms with Crippen molar-refractivity contribution >= 4 is 8.38 Å². The van der Waals surface area contributed by atoms with Gasteiger partial charge in [-0.25, -0.2) is 0 Å². The largest absolute Gasteiger partial charge is 0.328 e. The van der Waals surface area contributed by atoms with Crippen LogP contribution in [0.25, 0.3) is 0 Å². The Hall–Kier alpha value is 0.350. The summed E-state index contributed by atoms with van der Waals surface area (Å²) in [5, 5.41) is 0. The normalized spacial score (nSPS) is 14.0. The van der Waals surface area contributed by atoms with E-state index in [-0.39, 0.29) is 11.2 Å². The van der Waals surface area contributed by atoms with E-state index in [0.29, 0.717) is 0 Å². The van der Waals surface area contributed by atoms with Crippen LogP contribution < -0.4 is 0 Å². The van der Waals surface area contributed by atoms with Gasteiger partial charge in [-0.2, -0.15) is 0 Å². The second-order valence-corrected chi connectivity index (χ2v) is 5.77. The molecule has 0 rings (SSSR count).